The molecule has 0 radical (unpaired) electrons. The molecule has 5 nitrogen and oxygen atoms in total. The molecule has 2 rings (SSSR count). The third-order valence-corrected chi connectivity index (χ3v) is 3.82. The number of primary amides is 1. The normalized spacial score (nSPS) is 10.2. The topological polar surface area (TPSA) is 75.4 Å². The number of hydrogen-bond donors (Lipinski definition) is 3. The van der Waals surface area contributed by atoms with Gasteiger partial charge in [-0.25, -0.2) is 9.10 Å². The molecular weight excluding hydrogens is 334 g/mol. The summed E-state index contributed by atoms with van der Waals surface area (Å²) in [6.07, 6.45) is 0.661. The van der Waals surface area contributed by atoms with Crippen molar-refractivity contribution in [3.63, 3.8) is 0 Å². The van der Waals surface area contributed by atoms with Crippen LogP contribution in [-0.4, -0.2) is 18.5 Å². The highest BCUT2D eigenvalue weighted by atomic mass is 35.5. The predicted octanol–water partition coefficient (Wildman–Crippen LogP) is 3.04. The fraction of sp³-hybridized carbons (Fsp3) is 0.125. The lowest BCUT2D eigenvalue weighted by molar-refractivity contribution is 0.100. The summed E-state index contributed by atoms with van der Waals surface area (Å²) in [6, 6.07) is 13.4. The fourth-order valence-corrected chi connectivity index (χ4v) is 2.38. The van der Waals surface area contributed by atoms with Gasteiger partial charge in [0.2, 0.25) is 5.91 Å². The van der Waals surface area contributed by atoms with E-state index < -0.39 is 5.91 Å². The van der Waals surface area contributed by atoms with Crippen LogP contribution in [0.15, 0.2) is 48.5 Å². The number of amides is 3. The number of benzene rings is 2. The average Bonchev–Trinajstić information content (AvgIpc) is 2.54. The van der Waals surface area contributed by atoms with Crippen LogP contribution >= 0.6 is 24.4 Å². The molecule has 0 saturated heterocycles. The van der Waals surface area contributed by atoms with Gasteiger partial charge in [-0.2, -0.15) is 0 Å². The molecule has 0 atom stereocenters. The lowest BCUT2D eigenvalue weighted by atomic mass is 10.1. The number of nitrogens with two attached hydrogens (primary N) is 1. The lowest BCUT2D eigenvalue weighted by Crippen LogP contribution is -2.35. The first-order valence-electron chi connectivity index (χ1n) is 6.88. The van der Waals surface area contributed by atoms with E-state index in [9.17, 15) is 9.59 Å². The van der Waals surface area contributed by atoms with Crippen molar-refractivity contribution in [3.8, 4) is 0 Å². The van der Waals surface area contributed by atoms with Crippen LogP contribution in [0.25, 0.3) is 0 Å². The zero-order chi connectivity index (χ0) is 16.8. The van der Waals surface area contributed by atoms with Gasteiger partial charge in [-0.3, -0.25) is 4.79 Å². The van der Waals surface area contributed by atoms with Crippen molar-refractivity contribution in [1.82, 2.24) is 5.32 Å². The minimum atomic E-state index is -0.520. The highest BCUT2D eigenvalue weighted by Crippen LogP contribution is 2.17. The number of carbonyl (C=O) groups is 2. The first-order chi connectivity index (χ1) is 11.0. The molecule has 23 heavy (non-hydrogen) atoms. The number of carbonyl (C=O) groups excluding carboxylic acids is 2. The maximum absolute atomic E-state index is 12.0. The van der Waals surface area contributed by atoms with Gasteiger partial charge in [0.05, 0.1) is 5.69 Å². The molecule has 3 N–H and O–H groups in total. The molecule has 120 valence electrons. The molecule has 0 aliphatic rings. The second kappa shape index (κ2) is 7.89. The molecule has 2 aromatic carbocycles. The summed E-state index contributed by atoms with van der Waals surface area (Å²) in [4.78, 5) is 23.1. The van der Waals surface area contributed by atoms with Gasteiger partial charge in [-0.15, -0.1) is 0 Å². The van der Waals surface area contributed by atoms with Crippen LogP contribution in [0.1, 0.15) is 15.9 Å². The summed E-state index contributed by atoms with van der Waals surface area (Å²) in [5.41, 5.74) is 7.12. The Labute approximate surface area is 145 Å². The van der Waals surface area contributed by atoms with Crippen molar-refractivity contribution in [1.29, 1.82) is 0 Å². The van der Waals surface area contributed by atoms with Crippen LogP contribution in [0.4, 0.5) is 10.5 Å². The summed E-state index contributed by atoms with van der Waals surface area (Å²) < 4.78 is 1.17. The SMILES string of the molecule is NC(=O)c1ccc(N(S)C(=O)NCCc2cccc(Cl)c2)cc1. The number of thiol groups is 1. The summed E-state index contributed by atoms with van der Waals surface area (Å²) in [6.45, 7) is 0.454. The van der Waals surface area contributed by atoms with Gasteiger partial charge in [0, 0.05) is 17.1 Å². The third-order valence-electron chi connectivity index (χ3n) is 3.17. The summed E-state index contributed by atoms with van der Waals surface area (Å²) in [5.74, 6) is -0.520. The van der Waals surface area contributed by atoms with Crippen LogP contribution < -0.4 is 15.4 Å². The quantitative estimate of drug-likeness (QED) is 0.726. The molecule has 0 bridgehead atoms. The highest BCUT2D eigenvalue weighted by Gasteiger charge is 2.12. The van der Waals surface area contributed by atoms with E-state index in [4.69, 9.17) is 17.3 Å². The largest absolute Gasteiger partial charge is 0.366 e. The monoisotopic (exact) mass is 349 g/mol. The van der Waals surface area contributed by atoms with Crippen molar-refractivity contribution in [2.45, 2.75) is 6.42 Å². The Bertz CT molecular complexity index is 707. The van der Waals surface area contributed by atoms with Gasteiger partial charge in [0.1, 0.15) is 0 Å². The van der Waals surface area contributed by atoms with Gasteiger partial charge in [0.15, 0.2) is 0 Å². The Hall–Kier alpha value is -2.18. The van der Waals surface area contributed by atoms with Crippen LogP contribution in [0.3, 0.4) is 0 Å². The Kier molecular flexibility index (Phi) is 5.90. The van der Waals surface area contributed by atoms with Gasteiger partial charge < -0.3 is 11.1 Å². The molecule has 3 amide bonds. The zero-order valence-corrected chi connectivity index (χ0v) is 13.8. The lowest BCUT2D eigenvalue weighted by Gasteiger charge is -2.16. The summed E-state index contributed by atoms with van der Waals surface area (Å²) >= 11 is 10.1. The van der Waals surface area contributed by atoms with Crippen molar-refractivity contribution < 1.29 is 9.59 Å². The number of halogens is 1. The summed E-state index contributed by atoms with van der Waals surface area (Å²) in [5, 5.41) is 3.43. The number of nitrogens with one attached hydrogen (secondary N) is 1. The zero-order valence-electron chi connectivity index (χ0n) is 12.2. The molecule has 7 heteroatoms. The number of rotatable bonds is 5. The number of anilines is 1. The fourth-order valence-electron chi connectivity index (χ4n) is 1.97. The standard InChI is InChI=1S/C16H16ClN3O2S/c17-13-3-1-2-11(10-13)8-9-19-16(22)20(23)14-6-4-12(5-7-14)15(18)21/h1-7,10,23H,8-9H2,(H2,18,21)(H,19,22). The Morgan fingerprint density at radius 2 is 1.87 bits per heavy atom. The third kappa shape index (κ3) is 4.91. The second-order valence-corrected chi connectivity index (χ2v) is 5.67. The van der Waals surface area contributed by atoms with E-state index in [0.29, 0.717) is 29.2 Å². The number of nitrogens with zero attached hydrogens (tertiary/aromatic N) is 1. The molecule has 0 fully saturated rings. The molecule has 0 aliphatic carbocycles. The van der Waals surface area contributed by atoms with Crippen molar-refractivity contribution in [3.05, 3.63) is 64.7 Å². The minimum absolute atomic E-state index is 0.359. The van der Waals surface area contributed by atoms with Gasteiger partial charge >= 0.3 is 6.03 Å². The van der Waals surface area contributed by atoms with E-state index >= 15 is 0 Å². The van der Waals surface area contributed by atoms with Crippen LogP contribution in [-0.2, 0) is 6.42 Å². The van der Waals surface area contributed by atoms with Crippen molar-refractivity contribution in [2.75, 3.05) is 10.8 Å². The smallest absolute Gasteiger partial charge is 0.331 e. The van der Waals surface area contributed by atoms with Crippen molar-refractivity contribution in [2.24, 2.45) is 5.73 Å². The highest BCUT2D eigenvalue weighted by molar-refractivity contribution is 7.82. The maximum atomic E-state index is 12.0. The maximum Gasteiger partial charge on any atom is 0.331 e. The van der Waals surface area contributed by atoms with E-state index in [1.807, 2.05) is 18.2 Å². The first kappa shape index (κ1) is 17.2. The molecule has 0 saturated carbocycles. The average molecular weight is 350 g/mol. The molecule has 0 spiro atoms. The molecule has 0 aromatic heterocycles. The second-order valence-electron chi connectivity index (χ2n) is 4.83. The van der Waals surface area contributed by atoms with Gasteiger partial charge in [-0.05, 0) is 48.4 Å². The van der Waals surface area contributed by atoms with Crippen LogP contribution in [0, 0.1) is 0 Å². The Morgan fingerprint density at radius 1 is 1.17 bits per heavy atom. The van der Waals surface area contributed by atoms with Gasteiger partial charge in [-0.1, -0.05) is 36.5 Å². The predicted molar refractivity (Wildman–Crippen MR) is 95.0 cm³/mol. The van der Waals surface area contributed by atoms with Gasteiger partial charge in [0.25, 0.3) is 0 Å². The van der Waals surface area contributed by atoms with E-state index in [2.05, 4.69) is 18.1 Å². The number of urea groups is 1. The minimum Gasteiger partial charge on any atom is -0.366 e. The number of hydrogen-bond acceptors (Lipinski definition) is 3. The molecule has 2 aromatic rings. The van der Waals surface area contributed by atoms with E-state index in [1.165, 1.54) is 4.31 Å². The van der Waals surface area contributed by atoms with Crippen LogP contribution in [0.2, 0.25) is 5.02 Å². The molecule has 0 heterocycles. The molecule has 0 unspecified atom stereocenters. The van der Waals surface area contributed by atoms with Crippen molar-refractivity contribution >= 4 is 42.0 Å². The first-order valence-corrected chi connectivity index (χ1v) is 7.66. The van der Waals surface area contributed by atoms with Crippen LogP contribution in [0.5, 0.6) is 0 Å². The Balaban J connectivity index is 1.88. The van der Waals surface area contributed by atoms with E-state index in [0.717, 1.165) is 5.56 Å². The van der Waals surface area contributed by atoms with E-state index in [1.54, 1.807) is 30.3 Å². The molecule has 0 aliphatic heterocycles. The molecular formula is C16H16ClN3O2S. The summed E-state index contributed by atoms with van der Waals surface area (Å²) in [7, 11) is 0. The Morgan fingerprint density at radius 3 is 2.48 bits per heavy atom. The van der Waals surface area contributed by atoms with E-state index in [-0.39, 0.29) is 6.03 Å².